The number of hydrogen-bond donors (Lipinski definition) is 3. The van der Waals surface area contributed by atoms with E-state index in [0.717, 1.165) is 0 Å². The van der Waals surface area contributed by atoms with Crippen LogP contribution in [0.25, 0.3) is 0 Å². The number of aliphatic hydroxyl groups is 2. The summed E-state index contributed by atoms with van der Waals surface area (Å²) >= 11 is 0. The Hall–Kier alpha value is -0.120. The molecule has 0 aromatic rings. The van der Waals surface area contributed by atoms with Gasteiger partial charge in [-0.25, -0.2) is 0 Å². The molecule has 0 fully saturated rings. The highest BCUT2D eigenvalue weighted by molar-refractivity contribution is 4.71. The maximum Gasteiger partial charge on any atom is 0.0607 e. The Morgan fingerprint density at radius 3 is 1.82 bits per heavy atom. The van der Waals surface area contributed by atoms with Crippen LogP contribution in [0.5, 0.6) is 0 Å². The van der Waals surface area contributed by atoms with Crippen molar-refractivity contribution in [2.75, 3.05) is 13.2 Å². The Kier molecular flexibility index (Phi) is 5.46. The van der Waals surface area contributed by atoms with Crippen molar-refractivity contribution in [2.45, 2.75) is 32.9 Å². The first-order chi connectivity index (χ1) is 5.11. The van der Waals surface area contributed by atoms with E-state index in [2.05, 4.69) is 19.2 Å². The van der Waals surface area contributed by atoms with Crippen LogP contribution in [0, 0.1) is 5.92 Å². The van der Waals surface area contributed by atoms with E-state index in [1.165, 1.54) is 0 Å². The van der Waals surface area contributed by atoms with Gasteiger partial charge in [0.2, 0.25) is 0 Å². The molecule has 0 radical (unpaired) electrons. The van der Waals surface area contributed by atoms with Crippen LogP contribution >= 0.6 is 0 Å². The lowest BCUT2D eigenvalue weighted by Gasteiger charge is -2.22. The van der Waals surface area contributed by atoms with Gasteiger partial charge in [-0.2, -0.15) is 0 Å². The van der Waals surface area contributed by atoms with Crippen molar-refractivity contribution in [1.29, 1.82) is 0 Å². The van der Waals surface area contributed by atoms with E-state index >= 15 is 0 Å². The summed E-state index contributed by atoms with van der Waals surface area (Å²) in [6.45, 7) is 6.23. The molecule has 0 aliphatic heterocycles. The van der Waals surface area contributed by atoms with Crippen LogP contribution in [0.15, 0.2) is 0 Å². The van der Waals surface area contributed by atoms with Gasteiger partial charge in [0.15, 0.2) is 0 Å². The van der Waals surface area contributed by atoms with Gasteiger partial charge < -0.3 is 15.5 Å². The Morgan fingerprint density at radius 1 is 1.09 bits per heavy atom. The molecule has 0 saturated heterocycles. The van der Waals surface area contributed by atoms with Crippen molar-refractivity contribution in [1.82, 2.24) is 5.32 Å². The predicted octanol–water partition coefficient (Wildman–Crippen LogP) is -0.0263. The van der Waals surface area contributed by atoms with Gasteiger partial charge in [-0.15, -0.1) is 0 Å². The molecule has 3 heteroatoms. The van der Waals surface area contributed by atoms with Crippen LogP contribution in [0.3, 0.4) is 0 Å². The Morgan fingerprint density at radius 2 is 1.55 bits per heavy atom. The third-order valence-electron chi connectivity index (χ3n) is 1.94. The fraction of sp³-hybridized carbons (Fsp3) is 1.00. The minimum Gasteiger partial charge on any atom is -0.395 e. The molecule has 0 heterocycles. The molecule has 1 unspecified atom stereocenters. The number of aliphatic hydroxyl groups excluding tert-OH is 2. The monoisotopic (exact) mass is 161 g/mol. The molecule has 0 aliphatic carbocycles. The minimum absolute atomic E-state index is 0.00639. The lowest BCUT2D eigenvalue weighted by atomic mass is 10.1. The van der Waals surface area contributed by atoms with Gasteiger partial charge in [0.05, 0.1) is 19.3 Å². The molecule has 0 spiro atoms. The van der Waals surface area contributed by atoms with E-state index in [4.69, 9.17) is 10.2 Å². The standard InChI is InChI=1S/C8H19NO2/c1-6(2)7(3)9-8(4-10)5-11/h6-11H,4-5H2,1-3H3. The average Bonchev–Trinajstić information content (AvgIpc) is 1.99. The fourth-order valence-electron chi connectivity index (χ4n) is 0.727. The molecule has 11 heavy (non-hydrogen) atoms. The van der Waals surface area contributed by atoms with E-state index in [-0.39, 0.29) is 19.3 Å². The molecule has 0 rings (SSSR count). The zero-order valence-electron chi connectivity index (χ0n) is 7.54. The SMILES string of the molecule is CC(C)C(C)NC(CO)CO. The topological polar surface area (TPSA) is 52.5 Å². The molecule has 0 aliphatic rings. The molecule has 0 aromatic heterocycles. The van der Waals surface area contributed by atoms with Gasteiger partial charge in [-0.3, -0.25) is 0 Å². The molecular formula is C8H19NO2. The lowest BCUT2D eigenvalue weighted by molar-refractivity contribution is 0.157. The van der Waals surface area contributed by atoms with Gasteiger partial charge in [0.1, 0.15) is 0 Å². The third kappa shape index (κ3) is 4.35. The van der Waals surface area contributed by atoms with Gasteiger partial charge in [0, 0.05) is 6.04 Å². The highest BCUT2D eigenvalue weighted by Gasteiger charge is 2.11. The summed E-state index contributed by atoms with van der Waals surface area (Å²) in [4.78, 5) is 0. The van der Waals surface area contributed by atoms with Gasteiger partial charge in [0.25, 0.3) is 0 Å². The molecule has 3 nitrogen and oxygen atoms in total. The van der Waals surface area contributed by atoms with Crippen LogP contribution in [0.4, 0.5) is 0 Å². The first-order valence-electron chi connectivity index (χ1n) is 4.09. The number of nitrogens with one attached hydrogen (secondary N) is 1. The quantitative estimate of drug-likeness (QED) is 0.531. The van der Waals surface area contributed by atoms with Gasteiger partial charge in [-0.05, 0) is 12.8 Å². The van der Waals surface area contributed by atoms with Crippen molar-refractivity contribution >= 4 is 0 Å². The van der Waals surface area contributed by atoms with E-state index in [0.29, 0.717) is 12.0 Å². The fourth-order valence-corrected chi connectivity index (χ4v) is 0.727. The van der Waals surface area contributed by atoms with Crippen LogP contribution in [-0.4, -0.2) is 35.5 Å². The largest absolute Gasteiger partial charge is 0.395 e. The molecule has 0 saturated carbocycles. The molecule has 0 bridgehead atoms. The van der Waals surface area contributed by atoms with Crippen molar-refractivity contribution in [3.63, 3.8) is 0 Å². The summed E-state index contributed by atoms with van der Waals surface area (Å²) in [6, 6.07) is 0.159. The molecule has 1 atom stereocenters. The van der Waals surface area contributed by atoms with Crippen LogP contribution < -0.4 is 5.32 Å². The van der Waals surface area contributed by atoms with Crippen molar-refractivity contribution in [3.8, 4) is 0 Å². The van der Waals surface area contributed by atoms with Crippen LogP contribution in [0.2, 0.25) is 0 Å². The molecule has 0 aromatic carbocycles. The summed E-state index contributed by atoms with van der Waals surface area (Å²) in [6.07, 6.45) is 0. The van der Waals surface area contributed by atoms with Crippen molar-refractivity contribution < 1.29 is 10.2 Å². The Balaban J connectivity index is 3.62. The van der Waals surface area contributed by atoms with E-state index in [1.807, 2.05) is 6.92 Å². The minimum atomic E-state index is -0.174. The second-order valence-corrected chi connectivity index (χ2v) is 3.26. The predicted molar refractivity (Wildman–Crippen MR) is 45.4 cm³/mol. The summed E-state index contributed by atoms with van der Waals surface area (Å²) in [5.74, 6) is 0.524. The molecular weight excluding hydrogens is 142 g/mol. The third-order valence-corrected chi connectivity index (χ3v) is 1.94. The molecule has 68 valence electrons. The zero-order chi connectivity index (χ0) is 8.85. The Bertz CT molecular complexity index is 92.1. The maximum atomic E-state index is 8.73. The van der Waals surface area contributed by atoms with Crippen molar-refractivity contribution in [3.05, 3.63) is 0 Å². The van der Waals surface area contributed by atoms with E-state index in [9.17, 15) is 0 Å². The van der Waals surface area contributed by atoms with E-state index < -0.39 is 0 Å². The molecule has 3 N–H and O–H groups in total. The van der Waals surface area contributed by atoms with Crippen LogP contribution in [-0.2, 0) is 0 Å². The molecule has 0 amide bonds. The maximum absolute atomic E-state index is 8.73. The first kappa shape index (κ1) is 10.9. The summed E-state index contributed by atoms with van der Waals surface area (Å²) in [5, 5.41) is 20.6. The number of hydrogen-bond acceptors (Lipinski definition) is 3. The first-order valence-corrected chi connectivity index (χ1v) is 4.09. The average molecular weight is 161 g/mol. The smallest absolute Gasteiger partial charge is 0.0607 e. The summed E-state index contributed by atoms with van der Waals surface area (Å²) in [5.41, 5.74) is 0. The van der Waals surface area contributed by atoms with Gasteiger partial charge >= 0.3 is 0 Å². The summed E-state index contributed by atoms with van der Waals surface area (Å²) < 4.78 is 0. The van der Waals surface area contributed by atoms with Crippen LogP contribution in [0.1, 0.15) is 20.8 Å². The van der Waals surface area contributed by atoms with Gasteiger partial charge in [-0.1, -0.05) is 13.8 Å². The highest BCUT2D eigenvalue weighted by atomic mass is 16.3. The lowest BCUT2D eigenvalue weighted by Crippen LogP contribution is -2.43. The van der Waals surface area contributed by atoms with Crippen molar-refractivity contribution in [2.24, 2.45) is 5.92 Å². The summed E-state index contributed by atoms with van der Waals surface area (Å²) in [7, 11) is 0. The normalized spacial score (nSPS) is 14.5. The number of rotatable bonds is 5. The Labute approximate surface area is 68.4 Å². The zero-order valence-corrected chi connectivity index (χ0v) is 7.54. The highest BCUT2D eigenvalue weighted by Crippen LogP contribution is 2.00. The van der Waals surface area contributed by atoms with E-state index in [1.54, 1.807) is 0 Å². The second kappa shape index (κ2) is 5.52. The second-order valence-electron chi connectivity index (χ2n) is 3.26.